The van der Waals surface area contributed by atoms with E-state index in [1.54, 1.807) is 47.4 Å². The van der Waals surface area contributed by atoms with Gasteiger partial charge in [-0.25, -0.2) is 0 Å². The van der Waals surface area contributed by atoms with Crippen molar-refractivity contribution in [1.82, 2.24) is 0 Å². The molecule has 2 aliphatic rings. The fourth-order valence-electron chi connectivity index (χ4n) is 3.46. The van der Waals surface area contributed by atoms with Gasteiger partial charge in [0.1, 0.15) is 13.2 Å². The molecule has 150 valence electrons. The average molecular weight is 396 g/mol. The molecule has 8 heteroatoms. The molecule has 0 aliphatic carbocycles. The second kappa shape index (κ2) is 7.83. The SMILES string of the molecule is O=C(O)Cc1ccc(NC(=O)C2CC(=O)N(c3ccc4c(c3)OCCO4)C2)cc1. The van der Waals surface area contributed by atoms with Crippen molar-refractivity contribution in [1.29, 1.82) is 0 Å². The number of carboxylic acids is 1. The van der Waals surface area contributed by atoms with Gasteiger partial charge in [0.05, 0.1) is 12.3 Å². The summed E-state index contributed by atoms with van der Waals surface area (Å²) in [5, 5.41) is 11.6. The molecule has 2 amide bonds. The lowest BCUT2D eigenvalue weighted by atomic mass is 10.1. The number of aliphatic carboxylic acids is 1. The average Bonchev–Trinajstić information content (AvgIpc) is 3.10. The van der Waals surface area contributed by atoms with Gasteiger partial charge in [-0.15, -0.1) is 0 Å². The molecule has 2 aromatic carbocycles. The Balaban J connectivity index is 1.41. The Morgan fingerprint density at radius 3 is 2.52 bits per heavy atom. The van der Waals surface area contributed by atoms with Gasteiger partial charge in [-0.2, -0.15) is 0 Å². The number of nitrogens with zero attached hydrogens (tertiary/aromatic N) is 1. The van der Waals surface area contributed by atoms with E-state index in [0.29, 0.717) is 41.7 Å². The van der Waals surface area contributed by atoms with Gasteiger partial charge < -0.3 is 24.8 Å². The van der Waals surface area contributed by atoms with Crippen LogP contribution in [-0.2, 0) is 20.8 Å². The van der Waals surface area contributed by atoms with Crippen molar-refractivity contribution in [2.45, 2.75) is 12.8 Å². The summed E-state index contributed by atoms with van der Waals surface area (Å²) in [7, 11) is 0. The summed E-state index contributed by atoms with van der Waals surface area (Å²) in [6.07, 6.45) is 0.0488. The Hall–Kier alpha value is -3.55. The molecule has 0 aromatic heterocycles. The molecule has 0 spiro atoms. The Labute approximate surface area is 167 Å². The molecule has 1 atom stereocenters. The highest BCUT2D eigenvalue weighted by Gasteiger charge is 2.35. The lowest BCUT2D eigenvalue weighted by Crippen LogP contribution is -2.28. The molecule has 4 rings (SSSR count). The largest absolute Gasteiger partial charge is 0.486 e. The molecule has 2 aromatic rings. The van der Waals surface area contributed by atoms with E-state index in [0.717, 1.165) is 0 Å². The fraction of sp³-hybridized carbons (Fsp3) is 0.286. The molecule has 2 heterocycles. The van der Waals surface area contributed by atoms with Crippen molar-refractivity contribution in [2.75, 3.05) is 30.0 Å². The summed E-state index contributed by atoms with van der Waals surface area (Å²) in [5.74, 6) is -0.522. The minimum absolute atomic E-state index is 0.0736. The van der Waals surface area contributed by atoms with E-state index in [4.69, 9.17) is 14.6 Å². The second-order valence-corrected chi connectivity index (χ2v) is 6.99. The quantitative estimate of drug-likeness (QED) is 0.802. The highest BCUT2D eigenvalue weighted by molar-refractivity contribution is 6.03. The van der Waals surface area contributed by atoms with E-state index in [1.807, 2.05) is 0 Å². The van der Waals surface area contributed by atoms with E-state index in [-0.39, 0.29) is 31.2 Å². The van der Waals surface area contributed by atoms with Crippen molar-refractivity contribution in [3.8, 4) is 11.5 Å². The highest BCUT2D eigenvalue weighted by atomic mass is 16.6. The molecule has 8 nitrogen and oxygen atoms in total. The Bertz CT molecular complexity index is 956. The summed E-state index contributed by atoms with van der Waals surface area (Å²) < 4.78 is 11.1. The van der Waals surface area contributed by atoms with Crippen LogP contribution in [0.1, 0.15) is 12.0 Å². The molecule has 0 saturated carbocycles. The van der Waals surface area contributed by atoms with Gasteiger partial charge in [-0.3, -0.25) is 14.4 Å². The number of amides is 2. The summed E-state index contributed by atoms with van der Waals surface area (Å²) in [5.41, 5.74) is 1.89. The number of fused-ring (bicyclic) bond motifs is 1. The lowest BCUT2D eigenvalue weighted by molar-refractivity contribution is -0.136. The van der Waals surface area contributed by atoms with Gasteiger partial charge >= 0.3 is 5.97 Å². The van der Waals surface area contributed by atoms with Crippen LogP contribution in [0.3, 0.4) is 0 Å². The van der Waals surface area contributed by atoms with Gasteiger partial charge in [0.15, 0.2) is 11.5 Å². The normalized spacial score (nSPS) is 17.9. The summed E-state index contributed by atoms with van der Waals surface area (Å²) in [4.78, 5) is 37.4. The summed E-state index contributed by atoms with van der Waals surface area (Å²) in [6, 6.07) is 11.9. The lowest BCUT2D eigenvalue weighted by Gasteiger charge is -2.22. The standard InChI is InChI=1S/C21H20N2O6/c24-19-10-14(21(27)22-15-3-1-13(2-4-15)9-20(25)26)12-23(19)16-5-6-17-18(11-16)29-8-7-28-17/h1-6,11,14H,7-10,12H2,(H,22,27)(H,25,26). The summed E-state index contributed by atoms with van der Waals surface area (Å²) >= 11 is 0. The predicted octanol–water partition coefficient (Wildman–Crippen LogP) is 2.08. The number of carbonyl (C=O) groups excluding carboxylic acids is 2. The minimum atomic E-state index is -0.912. The first-order valence-electron chi connectivity index (χ1n) is 9.31. The van der Waals surface area contributed by atoms with Crippen molar-refractivity contribution >= 4 is 29.2 Å². The molecule has 1 unspecified atom stereocenters. The zero-order valence-corrected chi connectivity index (χ0v) is 15.6. The predicted molar refractivity (Wildman–Crippen MR) is 104 cm³/mol. The zero-order valence-electron chi connectivity index (χ0n) is 15.6. The molecular weight excluding hydrogens is 376 g/mol. The van der Waals surface area contributed by atoms with Crippen LogP contribution < -0.4 is 19.7 Å². The number of hydrogen-bond donors (Lipinski definition) is 2. The number of nitrogens with one attached hydrogen (secondary N) is 1. The smallest absolute Gasteiger partial charge is 0.307 e. The van der Waals surface area contributed by atoms with Crippen molar-refractivity contribution < 1.29 is 29.0 Å². The summed E-state index contributed by atoms with van der Waals surface area (Å²) in [6.45, 7) is 1.23. The van der Waals surface area contributed by atoms with E-state index in [2.05, 4.69) is 5.32 Å². The van der Waals surface area contributed by atoms with E-state index < -0.39 is 11.9 Å². The van der Waals surface area contributed by atoms with Crippen LogP contribution in [0.4, 0.5) is 11.4 Å². The Morgan fingerprint density at radius 1 is 1.07 bits per heavy atom. The first-order valence-corrected chi connectivity index (χ1v) is 9.31. The molecule has 2 N–H and O–H groups in total. The number of anilines is 2. The Kier molecular flexibility index (Phi) is 5.07. The highest BCUT2D eigenvalue weighted by Crippen LogP contribution is 2.36. The van der Waals surface area contributed by atoms with Crippen molar-refractivity contribution in [3.63, 3.8) is 0 Å². The van der Waals surface area contributed by atoms with Crippen LogP contribution >= 0.6 is 0 Å². The van der Waals surface area contributed by atoms with Crippen LogP contribution in [0.25, 0.3) is 0 Å². The maximum absolute atomic E-state index is 12.6. The Morgan fingerprint density at radius 2 is 1.79 bits per heavy atom. The maximum atomic E-state index is 12.6. The van der Waals surface area contributed by atoms with Gasteiger partial charge in [-0.05, 0) is 29.8 Å². The van der Waals surface area contributed by atoms with Gasteiger partial charge in [0, 0.05) is 30.4 Å². The molecule has 1 saturated heterocycles. The first kappa shape index (κ1) is 18.8. The van der Waals surface area contributed by atoms with Crippen LogP contribution in [0.2, 0.25) is 0 Å². The van der Waals surface area contributed by atoms with Crippen molar-refractivity contribution in [3.05, 3.63) is 48.0 Å². The van der Waals surface area contributed by atoms with E-state index >= 15 is 0 Å². The number of benzene rings is 2. The topological polar surface area (TPSA) is 105 Å². The molecular formula is C21H20N2O6. The van der Waals surface area contributed by atoms with E-state index in [1.165, 1.54) is 0 Å². The van der Waals surface area contributed by atoms with Gasteiger partial charge in [0.25, 0.3) is 0 Å². The number of carboxylic acid groups (broad SMARTS) is 1. The number of ether oxygens (including phenoxy) is 2. The maximum Gasteiger partial charge on any atom is 0.307 e. The van der Waals surface area contributed by atoms with E-state index in [9.17, 15) is 14.4 Å². The second-order valence-electron chi connectivity index (χ2n) is 6.99. The monoisotopic (exact) mass is 396 g/mol. The molecule has 29 heavy (non-hydrogen) atoms. The van der Waals surface area contributed by atoms with Crippen LogP contribution in [0, 0.1) is 5.92 Å². The number of carbonyl (C=O) groups is 3. The first-order chi connectivity index (χ1) is 14.0. The van der Waals surface area contributed by atoms with Crippen LogP contribution in [0.15, 0.2) is 42.5 Å². The fourth-order valence-corrected chi connectivity index (χ4v) is 3.46. The van der Waals surface area contributed by atoms with Crippen molar-refractivity contribution in [2.24, 2.45) is 5.92 Å². The minimum Gasteiger partial charge on any atom is -0.486 e. The molecule has 0 radical (unpaired) electrons. The van der Waals surface area contributed by atoms with Crippen LogP contribution in [-0.4, -0.2) is 42.6 Å². The molecule has 1 fully saturated rings. The zero-order chi connectivity index (χ0) is 20.4. The van der Waals surface area contributed by atoms with Crippen LogP contribution in [0.5, 0.6) is 11.5 Å². The molecule has 2 aliphatic heterocycles. The third-order valence-electron chi connectivity index (χ3n) is 4.91. The van der Waals surface area contributed by atoms with Gasteiger partial charge in [0.2, 0.25) is 11.8 Å². The number of hydrogen-bond acceptors (Lipinski definition) is 5. The third-order valence-corrected chi connectivity index (χ3v) is 4.91. The molecule has 0 bridgehead atoms. The van der Waals surface area contributed by atoms with Gasteiger partial charge in [-0.1, -0.05) is 12.1 Å². The number of rotatable bonds is 5. The third kappa shape index (κ3) is 4.16.